The van der Waals surface area contributed by atoms with Gasteiger partial charge in [0.05, 0.1) is 36.8 Å². The smallest absolute Gasteiger partial charge is 0.352 e. The highest BCUT2D eigenvalue weighted by Gasteiger charge is 2.20. The van der Waals surface area contributed by atoms with Gasteiger partial charge in [-0.05, 0) is 48.0 Å². The van der Waals surface area contributed by atoms with Crippen LogP contribution in [0.2, 0.25) is 0 Å². The third-order valence-corrected chi connectivity index (χ3v) is 6.73. The number of aromatic nitrogens is 1. The van der Waals surface area contributed by atoms with Gasteiger partial charge in [0.1, 0.15) is 11.5 Å². The standard InChI is InChI=1S/C27H24N4O7S/c1-36-19-11-8-16(9-12-19)24-25(18-10-13-22(37-2)23(15-18)38-3)39-27(28-24)30-29-20(26(32)33)14-17-6-4-5-7-21(17)31(34)35/h4-13,15H,14H2,1-3H3,(H,28,30)(H,32,33). The maximum atomic E-state index is 11.9. The lowest BCUT2D eigenvalue weighted by molar-refractivity contribution is -0.385. The highest BCUT2D eigenvalue weighted by molar-refractivity contribution is 7.19. The second-order valence-electron chi connectivity index (χ2n) is 8.03. The minimum atomic E-state index is -1.31. The van der Waals surface area contributed by atoms with Gasteiger partial charge in [-0.2, -0.15) is 5.10 Å². The molecule has 0 radical (unpaired) electrons. The molecule has 0 saturated heterocycles. The van der Waals surface area contributed by atoms with Crippen LogP contribution in [0.4, 0.5) is 10.8 Å². The van der Waals surface area contributed by atoms with Crippen LogP contribution in [-0.4, -0.2) is 48.0 Å². The van der Waals surface area contributed by atoms with Gasteiger partial charge in [-0.3, -0.25) is 15.5 Å². The van der Waals surface area contributed by atoms with E-state index >= 15 is 0 Å². The van der Waals surface area contributed by atoms with Crippen molar-refractivity contribution < 1.29 is 29.0 Å². The molecular weight excluding hydrogens is 524 g/mol. The Balaban J connectivity index is 1.73. The fourth-order valence-electron chi connectivity index (χ4n) is 3.78. The van der Waals surface area contributed by atoms with E-state index in [0.717, 1.165) is 16.0 Å². The molecule has 0 amide bonds. The van der Waals surface area contributed by atoms with Gasteiger partial charge >= 0.3 is 5.97 Å². The van der Waals surface area contributed by atoms with Gasteiger partial charge in [-0.1, -0.05) is 29.5 Å². The highest BCUT2D eigenvalue weighted by Crippen LogP contribution is 2.42. The van der Waals surface area contributed by atoms with E-state index in [2.05, 4.69) is 15.5 Å². The number of carbonyl (C=O) groups is 1. The Labute approximate surface area is 227 Å². The van der Waals surface area contributed by atoms with E-state index in [0.29, 0.717) is 28.1 Å². The lowest BCUT2D eigenvalue weighted by atomic mass is 10.1. The molecule has 1 aromatic heterocycles. The van der Waals surface area contributed by atoms with Crippen molar-refractivity contribution in [1.29, 1.82) is 0 Å². The zero-order chi connectivity index (χ0) is 27.9. The monoisotopic (exact) mass is 548 g/mol. The van der Waals surface area contributed by atoms with Crippen LogP contribution in [0.1, 0.15) is 5.56 Å². The molecule has 12 heteroatoms. The van der Waals surface area contributed by atoms with Crippen molar-refractivity contribution >= 4 is 33.8 Å². The molecule has 0 spiro atoms. The number of nitrogens with one attached hydrogen (secondary N) is 1. The molecule has 11 nitrogen and oxygen atoms in total. The number of aliphatic carboxylic acids is 1. The molecule has 2 N–H and O–H groups in total. The van der Waals surface area contributed by atoms with Crippen LogP contribution in [0.15, 0.2) is 71.8 Å². The lowest BCUT2D eigenvalue weighted by Gasteiger charge is -2.10. The van der Waals surface area contributed by atoms with Gasteiger partial charge in [0.25, 0.3) is 5.69 Å². The Hall–Kier alpha value is -4.97. The summed E-state index contributed by atoms with van der Waals surface area (Å²) in [6.07, 6.45) is -0.251. The van der Waals surface area contributed by atoms with Crippen LogP contribution in [0.25, 0.3) is 21.7 Å². The summed E-state index contributed by atoms with van der Waals surface area (Å²) in [5, 5.41) is 25.5. The fraction of sp³-hybridized carbons (Fsp3) is 0.148. The summed E-state index contributed by atoms with van der Waals surface area (Å²) in [4.78, 5) is 28.2. The zero-order valence-electron chi connectivity index (χ0n) is 21.2. The molecule has 0 saturated carbocycles. The molecule has 0 atom stereocenters. The SMILES string of the molecule is COc1ccc(-c2nc(NN=C(Cc3ccccc3[N+](=O)[O-])C(=O)O)sc2-c2ccc(OC)c(OC)c2)cc1. The number of hydrogen-bond acceptors (Lipinski definition) is 10. The van der Waals surface area contributed by atoms with Gasteiger partial charge in [0.15, 0.2) is 11.5 Å². The first-order chi connectivity index (χ1) is 18.8. The number of hydrazone groups is 1. The lowest BCUT2D eigenvalue weighted by Crippen LogP contribution is -2.18. The van der Waals surface area contributed by atoms with Crippen molar-refractivity contribution in [2.45, 2.75) is 6.42 Å². The number of carboxylic acids is 1. The second-order valence-corrected chi connectivity index (χ2v) is 9.03. The maximum Gasteiger partial charge on any atom is 0.352 e. The topological polar surface area (TPSA) is 145 Å². The number of nitro benzene ring substituents is 1. The number of benzene rings is 3. The van der Waals surface area contributed by atoms with Crippen LogP contribution < -0.4 is 19.6 Å². The molecule has 0 unspecified atom stereocenters. The van der Waals surface area contributed by atoms with Crippen molar-refractivity contribution in [3.63, 3.8) is 0 Å². The van der Waals surface area contributed by atoms with Crippen molar-refractivity contribution in [2.24, 2.45) is 5.10 Å². The van der Waals surface area contributed by atoms with Crippen molar-refractivity contribution in [1.82, 2.24) is 4.98 Å². The van der Waals surface area contributed by atoms with Crippen LogP contribution in [0.5, 0.6) is 17.2 Å². The number of para-hydroxylation sites is 1. The Morgan fingerprint density at radius 2 is 1.69 bits per heavy atom. The first kappa shape index (κ1) is 27.1. The normalized spacial score (nSPS) is 11.1. The minimum absolute atomic E-state index is 0.182. The number of thiazole rings is 1. The average molecular weight is 549 g/mol. The number of hydrogen-bond donors (Lipinski definition) is 2. The Kier molecular flexibility index (Phi) is 8.37. The summed E-state index contributed by atoms with van der Waals surface area (Å²) < 4.78 is 16.1. The van der Waals surface area contributed by atoms with E-state index in [1.165, 1.54) is 29.5 Å². The Bertz CT molecular complexity index is 1530. The summed E-state index contributed by atoms with van der Waals surface area (Å²) >= 11 is 1.26. The molecule has 1 heterocycles. The quantitative estimate of drug-likeness (QED) is 0.141. The molecule has 4 aromatic rings. The van der Waals surface area contributed by atoms with E-state index in [-0.39, 0.29) is 23.4 Å². The van der Waals surface area contributed by atoms with Crippen molar-refractivity contribution in [3.8, 4) is 38.9 Å². The number of rotatable bonds is 11. The maximum absolute atomic E-state index is 11.9. The van der Waals surface area contributed by atoms with Crippen LogP contribution in [0.3, 0.4) is 0 Å². The molecule has 0 fully saturated rings. The van der Waals surface area contributed by atoms with Crippen LogP contribution in [-0.2, 0) is 11.2 Å². The molecule has 0 aliphatic rings. The molecule has 0 aliphatic heterocycles. The number of nitro groups is 1. The molecule has 3 aromatic carbocycles. The number of methoxy groups -OCH3 is 3. The van der Waals surface area contributed by atoms with E-state index < -0.39 is 10.9 Å². The largest absolute Gasteiger partial charge is 0.497 e. The van der Waals surface area contributed by atoms with Gasteiger partial charge in [0.2, 0.25) is 5.13 Å². The highest BCUT2D eigenvalue weighted by atomic mass is 32.1. The van der Waals surface area contributed by atoms with Crippen molar-refractivity contribution in [2.75, 3.05) is 26.8 Å². The molecule has 39 heavy (non-hydrogen) atoms. The van der Waals surface area contributed by atoms with Gasteiger partial charge in [0, 0.05) is 23.6 Å². The zero-order valence-corrected chi connectivity index (χ0v) is 22.0. The van der Waals surface area contributed by atoms with E-state index in [9.17, 15) is 20.0 Å². The Morgan fingerprint density at radius 1 is 1.00 bits per heavy atom. The number of ether oxygens (including phenoxy) is 3. The van der Waals surface area contributed by atoms with Crippen LogP contribution in [0, 0.1) is 10.1 Å². The first-order valence-electron chi connectivity index (χ1n) is 11.5. The first-order valence-corrected chi connectivity index (χ1v) is 12.3. The summed E-state index contributed by atoms with van der Waals surface area (Å²) in [6.45, 7) is 0. The van der Waals surface area contributed by atoms with Gasteiger partial charge in [-0.25, -0.2) is 9.78 Å². The average Bonchev–Trinajstić information content (AvgIpc) is 3.39. The molecule has 0 aliphatic carbocycles. The predicted molar refractivity (Wildman–Crippen MR) is 148 cm³/mol. The molecule has 0 bridgehead atoms. The van der Waals surface area contributed by atoms with Gasteiger partial charge < -0.3 is 19.3 Å². The van der Waals surface area contributed by atoms with Gasteiger partial charge in [-0.15, -0.1) is 0 Å². The predicted octanol–water partition coefficient (Wildman–Crippen LogP) is 5.51. The minimum Gasteiger partial charge on any atom is -0.497 e. The molecule has 4 rings (SSSR count). The third-order valence-electron chi connectivity index (χ3n) is 5.72. The molecular formula is C27H24N4O7S. The number of anilines is 1. The number of carboxylic acid groups (broad SMARTS) is 1. The summed E-state index contributed by atoms with van der Waals surface area (Å²) in [7, 11) is 4.68. The van der Waals surface area contributed by atoms with E-state index in [1.54, 1.807) is 33.5 Å². The van der Waals surface area contributed by atoms with Crippen molar-refractivity contribution in [3.05, 3.63) is 82.4 Å². The third kappa shape index (κ3) is 6.13. The summed E-state index contributed by atoms with van der Waals surface area (Å²) in [5.41, 5.74) is 4.70. The molecule has 200 valence electrons. The van der Waals surface area contributed by atoms with E-state index in [1.807, 2.05) is 36.4 Å². The summed E-state index contributed by atoms with van der Waals surface area (Å²) in [5.74, 6) is 0.480. The van der Waals surface area contributed by atoms with E-state index in [4.69, 9.17) is 14.2 Å². The van der Waals surface area contributed by atoms with Crippen LogP contribution >= 0.6 is 11.3 Å². The second kappa shape index (κ2) is 12.0. The number of nitrogens with zero attached hydrogens (tertiary/aromatic N) is 3. The summed E-state index contributed by atoms with van der Waals surface area (Å²) in [6, 6.07) is 18.8. The fourth-order valence-corrected chi connectivity index (χ4v) is 4.71. The Morgan fingerprint density at radius 3 is 2.33 bits per heavy atom.